The van der Waals surface area contributed by atoms with E-state index >= 15 is 0 Å². The SMILES string of the molecule is Cc1cc(C(=O)NCC2COCCN(C)C2)nc(N)n1. The molecule has 1 fully saturated rings. The highest BCUT2D eigenvalue weighted by Crippen LogP contribution is 2.06. The molecule has 1 aliphatic rings. The Labute approximate surface area is 118 Å². The number of nitrogens with one attached hydrogen (secondary N) is 1. The molecule has 1 aromatic rings. The maximum atomic E-state index is 12.0. The average Bonchev–Trinajstić information content (AvgIpc) is 2.59. The second-order valence-corrected chi connectivity index (χ2v) is 5.17. The number of carbonyl (C=O) groups is 1. The van der Waals surface area contributed by atoms with Gasteiger partial charge >= 0.3 is 0 Å². The van der Waals surface area contributed by atoms with Crippen molar-refractivity contribution in [3.63, 3.8) is 0 Å². The van der Waals surface area contributed by atoms with Gasteiger partial charge in [-0.25, -0.2) is 9.97 Å². The summed E-state index contributed by atoms with van der Waals surface area (Å²) in [6, 6.07) is 1.63. The molecular formula is C13H21N5O2. The van der Waals surface area contributed by atoms with Gasteiger partial charge in [-0.2, -0.15) is 0 Å². The van der Waals surface area contributed by atoms with Crippen LogP contribution >= 0.6 is 0 Å². The lowest BCUT2D eigenvalue weighted by Crippen LogP contribution is -2.36. The smallest absolute Gasteiger partial charge is 0.270 e. The molecule has 0 saturated carbocycles. The number of nitrogens with two attached hydrogens (primary N) is 1. The number of hydrogen-bond acceptors (Lipinski definition) is 6. The number of amides is 1. The van der Waals surface area contributed by atoms with Crippen LogP contribution in [0.15, 0.2) is 6.07 Å². The van der Waals surface area contributed by atoms with Gasteiger partial charge in [0.15, 0.2) is 0 Å². The van der Waals surface area contributed by atoms with Crippen LogP contribution in [0.3, 0.4) is 0 Å². The standard InChI is InChI=1S/C13H21N5O2/c1-9-5-11(17-13(14)16-9)12(19)15-6-10-7-18(2)3-4-20-8-10/h5,10H,3-4,6-8H2,1-2H3,(H,15,19)(H2,14,16,17). The van der Waals surface area contributed by atoms with Gasteiger partial charge in [0.25, 0.3) is 5.91 Å². The van der Waals surface area contributed by atoms with E-state index in [-0.39, 0.29) is 17.8 Å². The van der Waals surface area contributed by atoms with Crippen LogP contribution in [-0.4, -0.2) is 60.7 Å². The molecule has 1 unspecified atom stereocenters. The summed E-state index contributed by atoms with van der Waals surface area (Å²) >= 11 is 0. The van der Waals surface area contributed by atoms with Crippen molar-refractivity contribution in [1.82, 2.24) is 20.2 Å². The number of carbonyl (C=O) groups excluding carboxylic acids is 1. The number of nitrogen functional groups attached to an aromatic ring is 1. The van der Waals surface area contributed by atoms with Gasteiger partial charge in [-0.15, -0.1) is 0 Å². The Morgan fingerprint density at radius 3 is 3.15 bits per heavy atom. The van der Waals surface area contributed by atoms with Crippen molar-refractivity contribution in [3.05, 3.63) is 17.5 Å². The van der Waals surface area contributed by atoms with Gasteiger partial charge in [0.1, 0.15) is 5.69 Å². The van der Waals surface area contributed by atoms with Crippen molar-refractivity contribution in [1.29, 1.82) is 0 Å². The average molecular weight is 279 g/mol. The fourth-order valence-corrected chi connectivity index (χ4v) is 2.21. The molecule has 0 radical (unpaired) electrons. The van der Waals surface area contributed by atoms with E-state index in [1.54, 1.807) is 13.0 Å². The molecule has 1 atom stereocenters. The van der Waals surface area contributed by atoms with Crippen molar-refractivity contribution < 1.29 is 9.53 Å². The monoisotopic (exact) mass is 279 g/mol. The number of aryl methyl sites for hydroxylation is 1. The lowest BCUT2D eigenvalue weighted by molar-refractivity contribution is 0.0916. The Balaban J connectivity index is 1.91. The Morgan fingerprint density at radius 1 is 1.60 bits per heavy atom. The van der Waals surface area contributed by atoms with Crippen LogP contribution in [0.25, 0.3) is 0 Å². The molecule has 0 spiro atoms. The van der Waals surface area contributed by atoms with Crippen LogP contribution in [0.1, 0.15) is 16.2 Å². The zero-order valence-corrected chi connectivity index (χ0v) is 11.9. The van der Waals surface area contributed by atoms with E-state index in [2.05, 4.69) is 27.2 Å². The van der Waals surface area contributed by atoms with Crippen molar-refractivity contribution in [2.24, 2.45) is 5.92 Å². The number of rotatable bonds is 3. The van der Waals surface area contributed by atoms with Crippen LogP contribution in [0.4, 0.5) is 5.95 Å². The molecule has 0 aromatic carbocycles. The van der Waals surface area contributed by atoms with Crippen molar-refractivity contribution in [3.8, 4) is 0 Å². The van der Waals surface area contributed by atoms with Crippen LogP contribution < -0.4 is 11.1 Å². The third kappa shape index (κ3) is 4.14. The van der Waals surface area contributed by atoms with E-state index in [4.69, 9.17) is 10.5 Å². The first kappa shape index (κ1) is 14.7. The number of likely N-dealkylation sites (N-methyl/N-ethyl adjacent to an activating group) is 1. The zero-order valence-electron chi connectivity index (χ0n) is 11.9. The highest BCUT2D eigenvalue weighted by molar-refractivity contribution is 5.92. The Hall–Kier alpha value is -1.73. The van der Waals surface area contributed by atoms with Crippen LogP contribution in [-0.2, 0) is 4.74 Å². The maximum absolute atomic E-state index is 12.0. The number of hydrogen-bond donors (Lipinski definition) is 2. The van der Waals surface area contributed by atoms with Gasteiger partial charge in [0.2, 0.25) is 5.95 Å². The Kier molecular flexibility index (Phi) is 4.86. The summed E-state index contributed by atoms with van der Waals surface area (Å²) in [6.07, 6.45) is 0. The van der Waals surface area contributed by atoms with Gasteiger partial charge in [-0.05, 0) is 20.0 Å². The molecule has 2 heterocycles. The lowest BCUT2D eigenvalue weighted by atomic mass is 10.1. The molecule has 3 N–H and O–H groups in total. The fourth-order valence-electron chi connectivity index (χ4n) is 2.21. The van der Waals surface area contributed by atoms with E-state index in [1.807, 2.05) is 0 Å². The lowest BCUT2D eigenvalue weighted by Gasteiger charge is -2.19. The molecule has 20 heavy (non-hydrogen) atoms. The molecule has 1 aromatic heterocycles. The molecule has 110 valence electrons. The number of nitrogens with zero attached hydrogens (tertiary/aromatic N) is 3. The third-order valence-electron chi connectivity index (χ3n) is 3.20. The van der Waals surface area contributed by atoms with Crippen molar-refractivity contribution in [2.45, 2.75) is 6.92 Å². The molecule has 1 aliphatic heterocycles. The van der Waals surface area contributed by atoms with E-state index in [9.17, 15) is 4.79 Å². The van der Waals surface area contributed by atoms with E-state index in [0.29, 0.717) is 24.5 Å². The predicted molar refractivity (Wildman–Crippen MR) is 75.3 cm³/mol. The van der Waals surface area contributed by atoms with Crippen LogP contribution in [0.2, 0.25) is 0 Å². The number of ether oxygens (including phenoxy) is 1. The fraction of sp³-hybridized carbons (Fsp3) is 0.615. The summed E-state index contributed by atoms with van der Waals surface area (Å²) in [5, 5.41) is 2.88. The van der Waals surface area contributed by atoms with Crippen molar-refractivity contribution >= 4 is 11.9 Å². The minimum atomic E-state index is -0.228. The molecule has 1 amide bonds. The Morgan fingerprint density at radius 2 is 2.40 bits per heavy atom. The first-order chi connectivity index (χ1) is 9.54. The summed E-state index contributed by atoms with van der Waals surface area (Å²) in [6.45, 7) is 5.57. The number of anilines is 1. The van der Waals surface area contributed by atoms with Gasteiger partial charge in [-0.1, -0.05) is 0 Å². The molecule has 2 rings (SSSR count). The zero-order chi connectivity index (χ0) is 14.5. The van der Waals surface area contributed by atoms with Crippen LogP contribution in [0.5, 0.6) is 0 Å². The quantitative estimate of drug-likeness (QED) is 0.787. The molecule has 7 heteroatoms. The first-order valence-electron chi connectivity index (χ1n) is 6.70. The molecular weight excluding hydrogens is 258 g/mol. The largest absolute Gasteiger partial charge is 0.380 e. The van der Waals surface area contributed by atoms with Gasteiger partial charge in [0, 0.05) is 31.2 Å². The van der Waals surface area contributed by atoms with E-state index in [0.717, 1.165) is 19.7 Å². The minimum absolute atomic E-state index is 0.118. The minimum Gasteiger partial charge on any atom is -0.380 e. The van der Waals surface area contributed by atoms with E-state index in [1.165, 1.54) is 0 Å². The molecule has 0 aliphatic carbocycles. The summed E-state index contributed by atoms with van der Waals surface area (Å²) in [5.41, 5.74) is 6.53. The van der Waals surface area contributed by atoms with Gasteiger partial charge < -0.3 is 20.7 Å². The summed E-state index contributed by atoms with van der Waals surface area (Å²) in [7, 11) is 2.05. The molecule has 7 nitrogen and oxygen atoms in total. The normalized spacial score (nSPS) is 20.4. The Bertz CT molecular complexity index is 460. The summed E-state index contributed by atoms with van der Waals surface area (Å²) < 4.78 is 5.52. The molecule has 1 saturated heterocycles. The second-order valence-electron chi connectivity index (χ2n) is 5.17. The molecule has 0 bridgehead atoms. The second kappa shape index (κ2) is 6.62. The highest BCUT2D eigenvalue weighted by Gasteiger charge is 2.18. The van der Waals surface area contributed by atoms with Gasteiger partial charge in [0.05, 0.1) is 13.2 Å². The third-order valence-corrected chi connectivity index (χ3v) is 3.20. The first-order valence-corrected chi connectivity index (χ1v) is 6.70. The topological polar surface area (TPSA) is 93.4 Å². The maximum Gasteiger partial charge on any atom is 0.270 e. The summed E-state index contributed by atoms with van der Waals surface area (Å²) in [5.74, 6) is 0.175. The summed E-state index contributed by atoms with van der Waals surface area (Å²) in [4.78, 5) is 22.1. The van der Waals surface area contributed by atoms with Crippen molar-refractivity contribution in [2.75, 3.05) is 45.6 Å². The van der Waals surface area contributed by atoms with Crippen LogP contribution in [0, 0.1) is 12.8 Å². The highest BCUT2D eigenvalue weighted by atomic mass is 16.5. The predicted octanol–water partition coefficient (Wildman–Crippen LogP) is -0.325. The van der Waals surface area contributed by atoms with Gasteiger partial charge in [-0.3, -0.25) is 4.79 Å². The van der Waals surface area contributed by atoms with E-state index < -0.39 is 0 Å². The number of aromatic nitrogens is 2.